The molecule has 5 nitrogen and oxygen atoms in total. The first-order chi connectivity index (χ1) is 11.7. The third-order valence-electron chi connectivity index (χ3n) is 4.99. The topological polar surface area (TPSA) is 50.8 Å². The maximum Gasteiger partial charge on any atom is 0.237 e. The number of carbonyl (C=O) groups excluding carboxylic acids is 1. The Kier molecular flexibility index (Phi) is 6.24. The van der Waals surface area contributed by atoms with Gasteiger partial charge in [0.15, 0.2) is 0 Å². The normalized spacial score (nSPS) is 24.0. The Morgan fingerprint density at radius 2 is 2.00 bits per heavy atom. The van der Waals surface area contributed by atoms with Gasteiger partial charge < -0.3 is 14.8 Å². The van der Waals surface area contributed by atoms with E-state index in [0.717, 1.165) is 51.1 Å². The lowest BCUT2D eigenvalue weighted by molar-refractivity contribution is -0.127. The van der Waals surface area contributed by atoms with Crippen LogP contribution in [0, 0.1) is 0 Å². The molecule has 0 aliphatic carbocycles. The summed E-state index contributed by atoms with van der Waals surface area (Å²) in [5.74, 6) is 0.0995. The Morgan fingerprint density at radius 1 is 1.25 bits per heavy atom. The second kappa shape index (κ2) is 8.60. The van der Waals surface area contributed by atoms with Crippen molar-refractivity contribution in [2.24, 2.45) is 0 Å². The summed E-state index contributed by atoms with van der Waals surface area (Å²) in [4.78, 5) is 14.6. The molecule has 5 heteroatoms. The molecule has 0 saturated carbocycles. The van der Waals surface area contributed by atoms with Gasteiger partial charge in [-0.25, -0.2) is 0 Å². The van der Waals surface area contributed by atoms with Crippen molar-refractivity contribution in [3.05, 3.63) is 35.9 Å². The average Bonchev–Trinajstić information content (AvgIpc) is 3.13. The molecule has 1 aromatic carbocycles. The second-order valence-electron chi connectivity index (χ2n) is 6.74. The average molecular weight is 332 g/mol. The number of carbonyl (C=O) groups is 1. The summed E-state index contributed by atoms with van der Waals surface area (Å²) in [7, 11) is 0. The summed E-state index contributed by atoms with van der Waals surface area (Å²) in [6.07, 6.45) is 3.58. The Labute approximate surface area is 144 Å². The van der Waals surface area contributed by atoms with E-state index in [9.17, 15) is 4.79 Å². The molecule has 2 heterocycles. The predicted molar refractivity (Wildman–Crippen MR) is 92.7 cm³/mol. The van der Waals surface area contributed by atoms with E-state index >= 15 is 0 Å². The number of nitrogens with zero attached hydrogens (tertiary/aromatic N) is 1. The van der Waals surface area contributed by atoms with Crippen molar-refractivity contribution in [3.63, 3.8) is 0 Å². The van der Waals surface area contributed by atoms with E-state index in [4.69, 9.17) is 9.47 Å². The minimum atomic E-state index is -0.0931. The molecule has 1 amide bonds. The van der Waals surface area contributed by atoms with E-state index in [1.807, 2.05) is 37.3 Å². The number of rotatable bonds is 6. The van der Waals surface area contributed by atoms with Crippen LogP contribution in [0.2, 0.25) is 0 Å². The molecule has 0 spiro atoms. The van der Waals surface area contributed by atoms with Gasteiger partial charge in [0.2, 0.25) is 5.91 Å². The quantitative estimate of drug-likeness (QED) is 0.865. The van der Waals surface area contributed by atoms with Gasteiger partial charge in [-0.2, -0.15) is 0 Å². The van der Waals surface area contributed by atoms with Gasteiger partial charge in [0, 0.05) is 26.2 Å². The fraction of sp³-hybridized carbons (Fsp3) is 0.632. The fourth-order valence-corrected chi connectivity index (χ4v) is 3.39. The van der Waals surface area contributed by atoms with E-state index in [1.165, 1.54) is 0 Å². The highest BCUT2D eigenvalue weighted by Crippen LogP contribution is 2.20. The van der Waals surface area contributed by atoms with Gasteiger partial charge in [-0.1, -0.05) is 30.3 Å². The SMILES string of the molecule is C[C@@H](C(=O)NCc1ccccc1)N1CCC(O[C@@H]2CCOC2)CC1. The third kappa shape index (κ3) is 4.79. The van der Waals surface area contributed by atoms with Gasteiger partial charge in [-0.05, 0) is 31.7 Å². The summed E-state index contributed by atoms with van der Waals surface area (Å²) < 4.78 is 11.5. The maximum atomic E-state index is 12.4. The van der Waals surface area contributed by atoms with Gasteiger partial charge in [-0.15, -0.1) is 0 Å². The minimum absolute atomic E-state index is 0.0931. The number of likely N-dealkylation sites (tertiary alicyclic amines) is 1. The highest BCUT2D eigenvalue weighted by atomic mass is 16.5. The Balaban J connectivity index is 1.39. The molecule has 1 aromatic rings. The van der Waals surface area contributed by atoms with Crippen molar-refractivity contribution in [2.75, 3.05) is 26.3 Å². The first-order valence-corrected chi connectivity index (χ1v) is 9.01. The zero-order valence-electron chi connectivity index (χ0n) is 14.4. The number of benzene rings is 1. The number of hydrogen-bond donors (Lipinski definition) is 1. The van der Waals surface area contributed by atoms with Crippen LogP contribution in [-0.2, 0) is 20.8 Å². The summed E-state index contributed by atoms with van der Waals surface area (Å²) in [6.45, 7) is 5.97. The molecule has 3 rings (SSSR count). The predicted octanol–water partition coefficient (Wildman–Crippen LogP) is 1.96. The maximum absolute atomic E-state index is 12.4. The zero-order valence-corrected chi connectivity index (χ0v) is 14.4. The van der Waals surface area contributed by atoms with Crippen molar-refractivity contribution in [2.45, 2.75) is 51.0 Å². The molecule has 2 aliphatic rings. The van der Waals surface area contributed by atoms with Crippen LogP contribution in [0.4, 0.5) is 0 Å². The second-order valence-corrected chi connectivity index (χ2v) is 6.74. The number of hydrogen-bond acceptors (Lipinski definition) is 4. The summed E-state index contributed by atoms with van der Waals surface area (Å²) in [6, 6.07) is 9.93. The van der Waals surface area contributed by atoms with Crippen LogP contribution < -0.4 is 5.32 Å². The largest absolute Gasteiger partial charge is 0.379 e. The summed E-state index contributed by atoms with van der Waals surface area (Å²) in [5, 5.41) is 3.04. The van der Waals surface area contributed by atoms with Gasteiger partial charge in [-0.3, -0.25) is 9.69 Å². The number of ether oxygens (including phenoxy) is 2. The van der Waals surface area contributed by atoms with Crippen LogP contribution in [0.15, 0.2) is 30.3 Å². The van der Waals surface area contributed by atoms with E-state index in [0.29, 0.717) is 12.6 Å². The van der Waals surface area contributed by atoms with E-state index in [1.54, 1.807) is 0 Å². The molecule has 2 atom stereocenters. The number of amides is 1. The highest BCUT2D eigenvalue weighted by Gasteiger charge is 2.29. The molecule has 1 N–H and O–H groups in total. The van der Waals surface area contributed by atoms with Crippen molar-refractivity contribution in [1.82, 2.24) is 10.2 Å². The Hall–Kier alpha value is -1.43. The van der Waals surface area contributed by atoms with Crippen molar-refractivity contribution >= 4 is 5.91 Å². The molecule has 24 heavy (non-hydrogen) atoms. The van der Waals surface area contributed by atoms with Crippen molar-refractivity contribution in [3.8, 4) is 0 Å². The van der Waals surface area contributed by atoms with E-state index in [-0.39, 0.29) is 18.1 Å². The number of nitrogens with one attached hydrogen (secondary N) is 1. The Bertz CT molecular complexity index is 509. The smallest absolute Gasteiger partial charge is 0.237 e. The standard InChI is InChI=1S/C19H28N2O3/c1-15(19(22)20-13-16-5-3-2-4-6-16)21-10-7-17(8-11-21)24-18-9-12-23-14-18/h2-6,15,17-18H,7-14H2,1H3,(H,20,22)/t15-,18+/m0/s1. The van der Waals surface area contributed by atoms with Gasteiger partial charge in [0.25, 0.3) is 0 Å². The van der Waals surface area contributed by atoms with Crippen LogP contribution in [-0.4, -0.2) is 55.4 Å². The fourth-order valence-electron chi connectivity index (χ4n) is 3.39. The lowest BCUT2D eigenvalue weighted by Crippen LogP contribution is -2.49. The van der Waals surface area contributed by atoms with E-state index < -0.39 is 0 Å². The summed E-state index contributed by atoms with van der Waals surface area (Å²) in [5.41, 5.74) is 1.13. The molecule has 0 radical (unpaired) electrons. The lowest BCUT2D eigenvalue weighted by atomic mass is 10.1. The zero-order chi connectivity index (χ0) is 16.8. The van der Waals surface area contributed by atoms with Crippen molar-refractivity contribution in [1.29, 1.82) is 0 Å². The molecule has 2 aliphatic heterocycles. The summed E-state index contributed by atoms with van der Waals surface area (Å²) >= 11 is 0. The number of piperidine rings is 1. The van der Waals surface area contributed by atoms with Crippen LogP contribution in [0.5, 0.6) is 0 Å². The molecular weight excluding hydrogens is 304 g/mol. The molecule has 0 bridgehead atoms. The highest BCUT2D eigenvalue weighted by molar-refractivity contribution is 5.81. The Morgan fingerprint density at radius 3 is 2.67 bits per heavy atom. The van der Waals surface area contributed by atoms with Crippen LogP contribution >= 0.6 is 0 Å². The molecule has 0 unspecified atom stereocenters. The third-order valence-corrected chi connectivity index (χ3v) is 4.99. The first kappa shape index (κ1) is 17.4. The van der Waals surface area contributed by atoms with Gasteiger partial charge in [0.1, 0.15) is 0 Å². The molecule has 132 valence electrons. The van der Waals surface area contributed by atoms with Crippen LogP contribution in [0.25, 0.3) is 0 Å². The van der Waals surface area contributed by atoms with E-state index in [2.05, 4.69) is 10.2 Å². The molecule has 0 aromatic heterocycles. The minimum Gasteiger partial charge on any atom is -0.379 e. The van der Waals surface area contributed by atoms with Crippen molar-refractivity contribution < 1.29 is 14.3 Å². The van der Waals surface area contributed by atoms with Gasteiger partial charge in [0.05, 0.1) is 24.9 Å². The molecule has 2 fully saturated rings. The van der Waals surface area contributed by atoms with Crippen LogP contribution in [0.3, 0.4) is 0 Å². The van der Waals surface area contributed by atoms with Crippen LogP contribution in [0.1, 0.15) is 31.7 Å². The molecular formula is C19H28N2O3. The lowest BCUT2D eigenvalue weighted by Gasteiger charge is -2.36. The first-order valence-electron chi connectivity index (χ1n) is 9.01. The monoisotopic (exact) mass is 332 g/mol. The molecule has 2 saturated heterocycles. The van der Waals surface area contributed by atoms with Gasteiger partial charge >= 0.3 is 0 Å².